The lowest BCUT2D eigenvalue weighted by molar-refractivity contribution is 0.0695. The smallest absolute Gasteiger partial charge is 0.341 e. The molecule has 1 atom stereocenters. The number of carboxylic acid groups (broad SMARTS) is 1. The fourth-order valence-electron chi connectivity index (χ4n) is 3.32. The maximum Gasteiger partial charge on any atom is 0.341 e. The summed E-state index contributed by atoms with van der Waals surface area (Å²) in [6, 6.07) is 2.90. The Morgan fingerprint density at radius 1 is 1.38 bits per heavy atom. The summed E-state index contributed by atoms with van der Waals surface area (Å²) in [5.74, 6) is -1.78. The molecule has 2 aromatic rings. The summed E-state index contributed by atoms with van der Waals surface area (Å²) in [7, 11) is 0. The van der Waals surface area contributed by atoms with E-state index in [1.807, 2.05) is 9.47 Å². The lowest BCUT2D eigenvalue weighted by atomic mass is 10.1. The van der Waals surface area contributed by atoms with Crippen molar-refractivity contribution in [2.45, 2.75) is 20.4 Å². The zero-order valence-electron chi connectivity index (χ0n) is 13.6. The SMILES string of the molecule is O=C(O)c1cn(C2(I)CC2)c2cc(N3CCNCC3I)c(F)cc2c1=O. The molecule has 2 N–H and O–H groups in total. The molecule has 0 bridgehead atoms. The summed E-state index contributed by atoms with van der Waals surface area (Å²) in [5.41, 5.74) is 0.0865. The first-order valence-corrected chi connectivity index (χ1v) is 10.6. The molecule has 2 heterocycles. The number of hydrogen-bond acceptors (Lipinski definition) is 4. The lowest BCUT2D eigenvalue weighted by Crippen LogP contribution is -2.48. The van der Waals surface area contributed by atoms with Crippen molar-refractivity contribution >= 4 is 67.7 Å². The molecule has 26 heavy (non-hydrogen) atoms. The molecule has 6 nitrogen and oxygen atoms in total. The minimum absolute atomic E-state index is 0.0984. The molecular formula is C17H16FI2N3O3. The number of aromatic nitrogens is 1. The number of rotatable bonds is 3. The van der Waals surface area contributed by atoms with Gasteiger partial charge in [0, 0.05) is 31.2 Å². The van der Waals surface area contributed by atoms with Crippen LogP contribution in [0.2, 0.25) is 0 Å². The summed E-state index contributed by atoms with van der Waals surface area (Å²) in [4.78, 5) is 26.1. The molecule has 1 aliphatic carbocycles. The van der Waals surface area contributed by atoms with Crippen LogP contribution in [0, 0.1) is 5.82 Å². The Morgan fingerprint density at radius 3 is 2.73 bits per heavy atom. The third kappa shape index (κ3) is 3.01. The second kappa shape index (κ2) is 6.59. The van der Waals surface area contributed by atoms with Crippen LogP contribution in [0.5, 0.6) is 0 Å². The molecule has 138 valence electrons. The normalized spacial score (nSPS) is 21.8. The van der Waals surface area contributed by atoms with Crippen LogP contribution in [0.4, 0.5) is 10.1 Å². The number of hydrogen-bond donors (Lipinski definition) is 2. The zero-order valence-corrected chi connectivity index (χ0v) is 18.0. The minimum Gasteiger partial charge on any atom is -0.477 e. The van der Waals surface area contributed by atoms with E-state index in [4.69, 9.17) is 0 Å². The summed E-state index contributed by atoms with van der Waals surface area (Å²) in [5, 5.41) is 12.8. The van der Waals surface area contributed by atoms with E-state index in [1.165, 1.54) is 12.3 Å². The van der Waals surface area contributed by atoms with Crippen LogP contribution in [-0.4, -0.2) is 39.3 Å². The number of halogens is 3. The van der Waals surface area contributed by atoms with Gasteiger partial charge in [-0.3, -0.25) is 4.79 Å². The van der Waals surface area contributed by atoms with E-state index in [1.54, 1.807) is 6.07 Å². The van der Waals surface area contributed by atoms with E-state index < -0.39 is 17.2 Å². The maximum atomic E-state index is 14.9. The van der Waals surface area contributed by atoms with Crippen LogP contribution in [0.25, 0.3) is 10.9 Å². The van der Waals surface area contributed by atoms with Crippen molar-refractivity contribution in [1.29, 1.82) is 0 Å². The van der Waals surface area contributed by atoms with Crippen LogP contribution >= 0.6 is 45.2 Å². The summed E-state index contributed by atoms with van der Waals surface area (Å²) < 4.78 is 16.6. The third-order valence-electron chi connectivity index (χ3n) is 4.89. The van der Waals surface area contributed by atoms with E-state index in [2.05, 4.69) is 50.5 Å². The topological polar surface area (TPSA) is 74.6 Å². The number of carboxylic acids is 1. The van der Waals surface area contributed by atoms with Gasteiger partial charge in [-0.2, -0.15) is 0 Å². The molecule has 1 saturated carbocycles. The molecule has 0 spiro atoms. The number of alkyl halides is 2. The van der Waals surface area contributed by atoms with Crippen molar-refractivity contribution in [2.24, 2.45) is 0 Å². The van der Waals surface area contributed by atoms with E-state index in [-0.39, 0.29) is 18.5 Å². The summed E-state index contributed by atoms with van der Waals surface area (Å²) in [6.45, 7) is 2.18. The van der Waals surface area contributed by atoms with Crippen LogP contribution in [0.1, 0.15) is 23.2 Å². The van der Waals surface area contributed by atoms with E-state index in [9.17, 15) is 19.1 Å². The average molecular weight is 583 g/mol. The van der Waals surface area contributed by atoms with Gasteiger partial charge in [0.1, 0.15) is 11.4 Å². The molecule has 4 rings (SSSR count). The van der Waals surface area contributed by atoms with Gasteiger partial charge in [-0.25, -0.2) is 9.18 Å². The lowest BCUT2D eigenvalue weighted by Gasteiger charge is -2.35. The highest BCUT2D eigenvalue weighted by molar-refractivity contribution is 14.1. The first-order chi connectivity index (χ1) is 12.3. The van der Waals surface area contributed by atoms with Gasteiger partial charge < -0.3 is 19.9 Å². The highest BCUT2D eigenvalue weighted by atomic mass is 127. The number of anilines is 1. The monoisotopic (exact) mass is 583 g/mol. The number of benzene rings is 1. The van der Waals surface area contributed by atoms with Crippen LogP contribution < -0.4 is 15.6 Å². The standard InChI is InChI=1S/C17H16FI2N3O3/c18-11-5-9-12(6-13(11)22-4-3-21-7-14(22)19)23(17(20)1-2-17)8-10(15(9)24)16(25)26/h5-6,8,14,21H,1-4,7H2,(H,25,26). The van der Waals surface area contributed by atoms with Crippen LogP contribution in [0.3, 0.4) is 0 Å². The van der Waals surface area contributed by atoms with E-state index in [0.29, 0.717) is 17.7 Å². The number of nitrogens with zero attached hydrogens (tertiary/aromatic N) is 2. The molecule has 1 unspecified atom stereocenters. The molecule has 0 radical (unpaired) electrons. The van der Waals surface area contributed by atoms with E-state index >= 15 is 0 Å². The van der Waals surface area contributed by atoms with Gasteiger partial charge in [-0.15, -0.1) is 0 Å². The van der Waals surface area contributed by atoms with Crippen LogP contribution in [0.15, 0.2) is 23.1 Å². The average Bonchev–Trinajstić information content (AvgIpc) is 3.34. The number of fused-ring (bicyclic) bond motifs is 1. The second-order valence-electron chi connectivity index (χ2n) is 6.62. The van der Waals surface area contributed by atoms with Gasteiger partial charge in [0.15, 0.2) is 0 Å². The largest absolute Gasteiger partial charge is 0.477 e. The maximum absolute atomic E-state index is 14.9. The molecule has 2 fully saturated rings. The highest BCUT2D eigenvalue weighted by Crippen LogP contribution is 2.51. The summed E-state index contributed by atoms with van der Waals surface area (Å²) in [6.07, 6.45) is 3.19. The van der Waals surface area contributed by atoms with Gasteiger partial charge in [0.25, 0.3) is 0 Å². The Kier molecular flexibility index (Phi) is 4.66. The second-order valence-corrected chi connectivity index (χ2v) is 10.1. The van der Waals surface area contributed by atoms with Gasteiger partial charge in [0.2, 0.25) is 5.43 Å². The molecule has 9 heteroatoms. The first-order valence-electron chi connectivity index (χ1n) is 8.25. The Balaban J connectivity index is 1.99. The van der Waals surface area contributed by atoms with Crippen molar-refractivity contribution in [3.05, 3.63) is 39.9 Å². The molecule has 1 saturated heterocycles. The fraction of sp³-hybridized carbons (Fsp3) is 0.412. The number of piperazine rings is 1. The highest BCUT2D eigenvalue weighted by Gasteiger charge is 2.43. The third-order valence-corrected chi connectivity index (χ3v) is 7.60. The zero-order chi connectivity index (χ0) is 18.6. The Hall–Kier alpha value is -0.950. The minimum atomic E-state index is -1.29. The number of carbonyl (C=O) groups is 1. The van der Waals surface area contributed by atoms with Gasteiger partial charge in [0.05, 0.1) is 18.8 Å². The Bertz CT molecular complexity index is 974. The van der Waals surface area contributed by atoms with Crippen molar-refractivity contribution in [1.82, 2.24) is 9.88 Å². The number of nitrogens with one attached hydrogen (secondary N) is 1. The van der Waals surface area contributed by atoms with Crippen LogP contribution in [-0.2, 0) is 3.55 Å². The Morgan fingerprint density at radius 2 is 2.12 bits per heavy atom. The van der Waals surface area contributed by atoms with Crippen molar-refractivity contribution < 1.29 is 14.3 Å². The van der Waals surface area contributed by atoms with Crippen molar-refractivity contribution in [2.75, 3.05) is 24.5 Å². The summed E-state index contributed by atoms with van der Waals surface area (Å²) >= 11 is 4.55. The Labute approximate surface area is 176 Å². The first kappa shape index (κ1) is 18.4. The molecule has 1 aromatic carbocycles. The molecule has 2 aliphatic rings. The quantitative estimate of drug-likeness (QED) is 0.331. The predicted molar refractivity (Wildman–Crippen MR) is 114 cm³/mol. The molecule has 1 aromatic heterocycles. The fourth-order valence-corrected chi connectivity index (χ4v) is 4.88. The number of pyridine rings is 1. The molecule has 0 amide bonds. The van der Waals surface area contributed by atoms with Gasteiger partial charge in [-0.1, -0.05) is 45.2 Å². The predicted octanol–water partition coefficient (Wildman–Crippen LogP) is 2.89. The van der Waals surface area contributed by atoms with E-state index in [0.717, 1.165) is 25.9 Å². The van der Waals surface area contributed by atoms with Crippen molar-refractivity contribution in [3.8, 4) is 0 Å². The number of aromatic carboxylic acids is 1. The van der Waals surface area contributed by atoms with Gasteiger partial charge >= 0.3 is 5.97 Å². The molecule has 1 aliphatic heterocycles. The van der Waals surface area contributed by atoms with Crippen molar-refractivity contribution in [3.63, 3.8) is 0 Å². The molecular weight excluding hydrogens is 567 g/mol. The van der Waals surface area contributed by atoms with Gasteiger partial charge in [-0.05, 0) is 25.0 Å².